The number of amides is 2. The first-order chi connectivity index (χ1) is 11.5. The zero-order valence-electron chi connectivity index (χ0n) is 13.8. The van der Waals surface area contributed by atoms with Gasteiger partial charge < -0.3 is 9.80 Å². The van der Waals surface area contributed by atoms with Crippen LogP contribution in [0.2, 0.25) is 5.02 Å². The molecule has 0 unspecified atom stereocenters. The Hall–Kier alpha value is -2.40. The summed E-state index contributed by atoms with van der Waals surface area (Å²) in [5.41, 5.74) is 1.77. The van der Waals surface area contributed by atoms with Gasteiger partial charge in [-0.2, -0.15) is 0 Å². The molecule has 0 fully saturated rings. The second kappa shape index (κ2) is 8.45. The van der Waals surface area contributed by atoms with Crippen LogP contribution in [0.15, 0.2) is 48.8 Å². The Morgan fingerprint density at radius 2 is 1.71 bits per heavy atom. The van der Waals surface area contributed by atoms with Gasteiger partial charge in [-0.1, -0.05) is 11.6 Å². The van der Waals surface area contributed by atoms with Crippen molar-refractivity contribution in [2.24, 2.45) is 0 Å². The summed E-state index contributed by atoms with van der Waals surface area (Å²) >= 11 is 5.87. The maximum atomic E-state index is 12.4. The van der Waals surface area contributed by atoms with E-state index in [0.717, 1.165) is 12.0 Å². The molecule has 6 heteroatoms. The topological polar surface area (TPSA) is 53.5 Å². The molecule has 0 saturated heterocycles. The summed E-state index contributed by atoms with van der Waals surface area (Å²) < 4.78 is 0. The number of anilines is 1. The molecule has 0 radical (unpaired) electrons. The lowest BCUT2D eigenvalue weighted by atomic mass is 10.2. The van der Waals surface area contributed by atoms with Crippen molar-refractivity contribution in [3.05, 3.63) is 59.4 Å². The van der Waals surface area contributed by atoms with Gasteiger partial charge in [0.25, 0.3) is 0 Å². The van der Waals surface area contributed by atoms with E-state index in [2.05, 4.69) is 4.98 Å². The van der Waals surface area contributed by atoms with E-state index in [-0.39, 0.29) is 18.4 Å². The summed E-state index contributed by atoms with van der Waals surface area (Å²) in [4.78, 5) is 31.3. The zero-order chi connectivity index (χ0) is 17.5. The van der Waals surface area contributed by atoms with Crippen LogP contribution < -0.4 is 4.90 Å². The predicted molar refractivity (Wildman–Crippen MR) is 95.1 cm³/mol. The molecule has 5 nitrogen and oxygen atoms in total. The minimum atomic E-state index is -0.187. The average molecular weight is 346 g/mol. The van der Waals surface area contributed by atoms with Crippen molar-refractivity contribution in [2.75, 3.05) is 25.0 Å². The quantitative estimate of drug-likeness (QED) is 0.809. The fourth-order valence-corrected chi connectivity index (χ4v) is 2.36. The molecule has 1 aromatic heterocycles. The third kappa shape index (κ3) is 5.06. The average Bonchev–Trinajstić information content (AvgIpc) is 2.59. The fourth-order valence-electron chi connectivity index (χ4n) is 2.23. The predicted octanol–water partition coefficient (Wildman–Crippen LogP) is 2.79. The van der Waals surface area contributed by atoms with E-state index in [1.165, 1.54) is 11.8 Å². The summed E-state index contributed by atoms with van der Waals surface area (Å²) in [6.45, 7) is 2.03. The van der Waals surface area contributed by atoms with Crippen molar-refractivity contribution >= 4 is 29.1 Å². The molecule has 0 bridgehead atoms. The molecule has 0 atom stereocenters. The zero-order valence-corrected chi connectivity index (χ0v) is 14.5. The number of hydrogen-bond donors (Lipinski definition) is 0. The highest BCUT2D eigenvalue weighted by Crippen LogP contribution is 2.18. The number of nitrogens with zero attached hydrogens (tertiary/aromatic N) is 3. The Bertz CT molecular complexity index is 689. The molecule has 0 spiro atoms. The molecule has 0 aliphatic rings. The smallest absolute Gasteiger partial charge is 0.242 e. The third-order valence-corrected chi connectivity index (χ3v) is 3.97. The molecule has 126 valence electrons. The Kier molecular flexibility index (Phi) is 6.32. The van der Waals surface area contributed by atoms with Crippen LogP contribution in [0.4, 0.5) is 5.69 Å². The van der Waals surface area contributed by atoms with Crippen LogP contribution in [0.3, 0.4) is 0 Å². The van der Waals surface area contributed by atoms with Crippen LogP contribution in [0.25, 0.3) is 0 Å². The lowest BCUT2D eigenvalue weighted by molar-refractivity contribution is -0.130. The first-order valence-corrected chi connectivity index (χ1v) is 8.01. The first kappa shape index (κ1) is 17.9. The standard InChI is InChI=1S/C18H20ClN3O2/c1-14(23)22(17-5-3-16(19)4-6-17)13-18(24)21(2)12-9-15-7-10-20-11-8-15/h3-8,10-11H,9,12-13H2,1-2H3. The summed E-state index contributed by atoms with van der Waals surface area (Å²) in [6, 6.07) is 10.7. The van der Waals surface area contributed by atoms with Crippen LogP contribution in [0.1, 0.15) is 12.5 Å². The van der Waals surface area contributed by atoms with Crippen molar-refractivity contribution in [3.8, 4) is 0 Å². The van der Waals surface area contributed by atoms with Crippen LogP contribution >= 0.6 is 11.6 Å². The Morgan fingerprint density at radius 1 is 1.08 bits per heavy atom. The lowest BCUT2D eigenvalue weighted by Gasteiger charge is -2.24. The number of halogens is 1. The van der Waals surface area contributed by atoms with Crippen molar-refractivity contribution in [3.63, 3.8) is 0 Å². The molecule has 2 amide bonds. The number of carbonyl (C=O) groups is 2. The number of aromatic nitrogens is 1. The molecule has 0 saturated carbocycles. The Morgan fingerprint density at radius 3 is 2.29 bits per heavy atom. The van der Waals surface area contributed by atoms with Crippen LogP contribution in [-0.4, -0.2) is 41.8 Å². The van der Waals surface area contributed by atoms with Gasteiger partial charge in [-0.25, -0.2) is 0 Å². The minimum absolute atomic E-state index is 0.00378. The van der Waals surface area contributed by atoms with Gasteiger partial charge in [0.15, 0.2) is 0 Å². The number of rotatable bonds is 6. The second-order valence-electron chi connectivity index (χ2n) is 5.50. The van der Waals surface area contributed by atoms with Crippen molar-refractivity contribution in [1.29, 1.82) is 0 Å². The molecule has 2 rings (SSSR count). The number of hydrogen-bond acceptors (Lipinski definition) is 3. The molecular weight excluding hydrogens is 326 g/mol. The maximum absolute atomic E-state index is 12.4. The second-order valence-corrected chi connectivity index (χ2v) is 5.94. The number of benzene rings is 1. The van der Waals surface area contributed by atoms with Gasteiger partial charge in [0.1, 0.15) is 6.54 Å². The van der Waals surface area contributed by atoms with E-state index < -0.39 is 0 Å². The molecular formula is C18H20ClN3O2. The van der Waals surface area contributed by atoms with Crippen LogP contribution in [0.5, 0.6) is 0 Å². The van der Waals surface area contributed by atoms with Gasteiger partial charge in [0, 0.05) is 43.6 Å². The molecule has 1 heterocycles. The van der Waals surface area contributed by atoms with Crippen LogP contribution in [0, 0.1) is 0 Å². The monoisotopic (exact) mass is 345 g/mol. The summed E-state index contributed by atoms with van der Waals surface area (Å²) in [5.74, 6) is -0.303. The normalized spacial score (nSPS) is 10.3. The Labute approximate surface area is 146 Å². The number of pyridine rings is 1. The van der Waals surface area contributed by atoms with Gasteiger partial charge in [0.05, 0.1) is 0 Å². The maximum Gasteiger partial charge on any atom is 0.242 e. The van der Waals surface area contributed by atoms with Gasteiger partial charge in [-0.15, -0.1) is 0 Å². The molecule has 24 heavy (non-hydrogen) atoms. The molecule has 1 aromatic carbocycles. The van der Waals surface area contributed by atoms with E-state index in [4.69, 9.17) is 11.6 Å². The van der Waals surface area contributed by atoms with E-state index in [9.17, 15) is 9.59 Å². The fraction of sp³-hybridized carbons (Fsp3) is 0.278. The first-order valence-electron chi connectivity index (χ1n) is 7.64. The van der Waals surface area contributed by atoms with E-state index in [1.54, 1.807) is 48.6 Å². The Balaban J connectivity index is 1.97. The largest absolute Gasteiger partial charge is 0.344 e. The lowest BCUT2D eigenvalue weighted by Crippen LogP contribution is -2.41. The molecule has 0 aliphatic carbocycles. The van der Waals surface area contributed by atoms with Gasteiger partial charge >= 0.3 is 0 Å². The summed E-state index contributed by atoms with van der Waals surface area (Å²) in [7, 11) is 1.74. The van der Waals surface area contributed by atoms with Gasteiger partial charge in [0.2, 0.25) is 11.8 Å². The minimum Gasteiger partial charge on any atom is -0.344 e. The SMILES string of the molecule is CC(=O)N(CC(=O)N(C)CCc1ccncc1)c1ccc(Cl)cc1. The number of carbonyl (C=O) groups excluding carboxylic acids is 2. The molecule has 0 aliphatic heterocycles. The van der Waals surface area contributed by atoms with Crippen molar-refractivity contribution < 1.29 is 9.59 Å². The van der Waals surface area contributed by atoms with E-state index in [1.807, 2.05) is 12.1 Å². The third-order valence-electron chi connectivity index (χ3n) is 3.72. The highest BCUT2D eigenvalue weighted by atomic mass is 35.5. The number of likely N-dealkylation sites (N-methyl/N-ethyl adjacent to an activating group) is 1. The van der Waals surface area contributed by atoms with Gasteiger partial charge in [-0.3, -0.25) is 14.6 Å². The van der Waals surface area contributed by atoms with E-state index in [0.29, 0.717) is 17.3 Å². The van der Waals surface area contributed by atoms with Crippen LogP contribution in [-0.2, 0) is 16.0 Å². The summed E-state index contributed by atoms with van der Waals surface area (Å²) in [5, 5.41) is 0.586. The highest BCUT2D eigenvalue weighted by Gasteiger charge is 2.18. The van der Waals surface area contributed by atoms with Gasteiger partial charge in [-0.05, 0) is 48.4 Å². The summed E-state index contributed by atoms with van der Waals surface area (Å²) in [6.07, 6.45) is 4.20. The van der Waals surface area contributed by atoms with E-state index >= 15 is 0 Å². The van der Waals surface area contributed by atoms with Crippen molar-refractivity contribution in [2.45, 2.75) is 13.3 Å². The molecule has 0 N–H and O–H groups in total. The van der Waals surface area contributed by atoms with Crippen molar-refractivity contribution in [1.82, 2.24) is 9.88 Å². The highest BCUT2D eigenvalue weighted by molar-refractivity contribution is 6.30. The molecule has 2 aromatic rings.